The zero-order chi connectivity index (χ0) is 16.7. The van der Waals surface area contributed by atoms with E-state index in [0.717, 1.165) is 11.3 Å². The average Bonchev–Trinajstić information content (AvgIpc) is 2.57. The van der Waals surface area contributed by atoms with Crippen LogP contribution in [0.25, 0.3) is 0 Å². The minimum Gasteiger partial charge on any atom is -0.494 e. The first-order valence-electron chi connectivity index (χ1n) is 7.70. The molecule has 1 aromatic carbocycles. The lowest BCUT2D eigenvalue weighted by Crippen LogP contribution is -2.27. The van der Waals surface area contributed by atoms with Crippen LogP contribution in [0.2, 0.25) is 0 Å². The summed E-state index contributed by atoms with van der Waals surface area (Å²) in [5.41, 5.74) is 1.51. The molecule has 0 aliphatic carbocycles. The van der Waals surface area contributed by atoms with Crippen LogP contribution in [0.15, 0.2) is 42.6 Å². The summed E-state index contributed by atoms with van der Waals surface area (Å²) in [6.07, 6.45) is 1.62. The molecule has 0 spiro atoms. The molecule has 0 radical (unpaired) electrons. The van der Waals surface area contributed by atoms with Crippen LogP contribution >= 0.6 is 0 Å². The van der Waals surface area contributed by atoms with Gasteiger partial charge in [-0.1, -0.05) is 12.1 Å². The Labute approximate surface area is 136 Å². The summed E-state index contributed by atoms with van der Waals surface area (Å²) in [5.74, 6) is 1.09. The minimum atomic E-state index is -0.115. The van der Waals surface area contributed by atoms with Gasteiger partial charge in [0.05, 0.1) is 13.2 Å². The van der Waals surface area contributed by atoms with Gasteiger partial charge in [0.15, 0.2) is 0 Å². The van der Waals surface area contributed by atoms with Gasteiger partial charge in [-0.2, -0.15) is 0 Å². The van der Waals surface area contributed by atoms with Crippen LogP contribution in [-0.4, -0.2) is 36.1 Å². The third-order valence-electron chi connectivity index (χ3n) is 3.28. The molecule has 1 amide bonds. The van der Waals surface area contributed by atoms with Crippen molar-refractivity contribution in [3.05, 3.63) is 53.7 Å². The average molecular weight is 314 g/mol. The van der Waals surface area contributed by atoms with Gasteiger partial charge in [-0.3, -0.25) is 4.79 Å². The number of nitrogens with zero attached hydrogens (tertiary/aromatic N) is 2. The van der Waals surface area contributed by atoms with Crippen LogP contribution < -0.4 is 9.47 Å². The topological polar surface area (TPSA) is 51.7 Å². The summed E-state index contributed by atoms with van der Waals surface area (Å²) in [4.78, 5) is 18.4. The first-order valence-corrected chi connectivity index (χ1v) is 7.70. The molecule has 0 saturated heterocycles. The van der Waals surface area contributed by atoms with Crippen molar-refractivity contribution in [2.24, 2.45) is 0 Å². The number of carbonyl (C=O) groups is 1. The van der Waals surface area contributed by atoms with Crippen molar-refractivity contribution in [2.75, 3.05) is 20.3 Å². The lowest BCUT2D eigenvalue weighted by atomic mass is 10.2. The van der Waals surface area contributed by atoms with Crippen LogP contribution in [0.5, 0.6) is 11.6 Å². The Morgan fingerprint density at radius 1 is 1.09 bits per heavy atom. The molecule has 1 heterocycles. The number of rotatable bonds is 7. The maximum atomic E-state index is 12.6. The Hall–Kier alpha value is -2.56. The summed E-state index contributed by atoms with van der Waals surface area (Å²) in [6, 6.07) is 11.2. The van der Waals surface area contributed by atoms with Crippen LogP contribution in [0.4, 0.5) is 0 Å². The number of ether oxygens (including phenoxy) is 2. The largest absolute Gasteiger partial charge is 0.494 e. The van der Waals surface area contributed by atoms with Gasteiger partial charge < -0.3 is 14.4 Å². The monoisotopic (exact) mass is 314 g/mol. The molecular formula is C18H22N2O3. The van der Waals surface area contributed by atoms with Crippen molar-refractivity contribution >= 4 is 5.91 Å². The first kappa shape index (κ1) is 16.8. The fraction of sp³-hybridized carbons (Fsp3) is 0.333. The smallest absolute Gasteiger partial charge is 0.259 e. The maximum absolute atomic E-state index is 12.6. The molecule has 2 aromatic rings. The van der Waals surface area contributed by atoms with Crippen molar-refractivity contribution in [3.63, 3.8) is 0 Å². The van der Waals surface area contributed by atoms with Crippen molar-refractivity contribution in [2.45, 2.75) is 20.4 Å². The van der Waals surface area contributed by atoms with E-state index in [0.29, 0.717) is 31.2 Å². The number of hydrogen-bond acceptors (Lipinski definition) is 4. The molecule has 23 heavy (non-hydrogen) atoms. The Balaban J connectivity index is 2.08. The van der Waals surface area contributed by atoms with E-state index in [1.165, 1.54) is 0 Å². The fourth-order valence-electron chi connectivity index (χ4n) is 2.21. The Morgan fingerprint density at radius 3 is 2.43 bits per heavy atom. The van der Waals surface area contributed by atoms with Gasteiger partial charge in [0.2, 0.25) is 5.88 Å². The maximum Gasteiger partial charge on any atom is 0.259 e. The summed E-state index contributed by atoms with van der Waals surface area (Å²) < 4.78 is 10.8. The zero-order valence-corrected chi connectivity index (χ0v) is 13.8. The predicted octanol–water partition coefficient (Wildman–Crippen LogP) is 3.15. The van der Waals surface area contributed by atoms with Gasteiger partial charge in [-0.15, -0.1) is 0 Å². The molecule has 0 aliphatic heterocycles. The van der Waals surface area contributed by atoms with E-state index >= 15 is 0 Å². The number of benzene rings is 1. The molecule has 2 rings (SSSR count). The predicted molar refractivity (Wildman–Crippen MR) is 88.8 cm³/mol. The summed E-state index contributed by atoms with van der Waals surface area (Å²) in [6.45, 7) is 5.43. The Morgan fingerprint density at radius 2 is 1.78 bits per heavy atom. The molecule has 0 bridgehead atoms. The zero-order valence-electron chi connectivity index (χ0n) is 13.8. The number of pyridine rings is 1. The van der Waals surface area contributed by atoms with Gasteiger partial charge in [-0.25, -0.2) is 4.98 Å². The molecule has 5 heteroatoms. The van der Waals surface area contributed by atoms with E-state index in [-0.39, 0.29) is 5.91 Å². The molecule has 1 aromatic heterocycles. The highest BCUT2D eigenvalue weighted by molar-refractivity contribution is 5.96. The van der Waals surface area contributed by atoms with E-state index < -0.39 is 0 Å². The van der Waals surface area contributed by atoms with E-state index in [2.05, 4.69) is 4.98 Å². The minimum absolute atomic E-state index is 0.115. The van der Waals surface area contributed by atoms with E-state index in [9.17, 15) is 4.79 Å². The molecule has 5 nitrogen and oxygen atoms in total. The fourth-order valence-corrected chi connectivity index (χ4v) is 2.21. The molecule has 0 saturated carbocycles. The van der Waals surface area contributed by atoms with Crippen molar-refractivity contribution in [3.8, 4) is 11.6 Å². The van der Waals surface area contributed by atoms with E-state index in [1.54, 1.807) is 30.3 Å². The molecule has 0 fully saturated rings. The molecule has 0 aliphatic rings. The highest BCUT2D eigenvalue weighted by atomic mass is 16.5. The van der Waals surface area contributed by atoms with Gasteiger partial charge >= 0.3 is 0 Å². The lowest BCUT2D eigenvalue weighted by molar-refractivity contribution is 0.0780. The van der Waals surface area contributed by atoms with Gasteiger partial charge in [0.25, 0.3) is 5.91 Å². The second kappa shape index (κ2) is 8.17. The summed E-state index contributed by atoms with van der Waals surface area (Å²) >= 11 is 0. The summed E-state index contributed by atoms with van der Waals surface area (Å²) in [5, 5.41) is 0. The third-order valence-corrected chi connectivity index (χ3v) is 3.28. The van der Waals surface area contributed by atoms with Gasteiger partial charge in [-0.05, 0) is 43.7 Å². The lowest BCUT2D eigenvalue weighted by Gasteiger charge is -2.18. The van der Waals surface area contributed by atoms with Crippen LogP contribution in [0.1, 0.15) is 29.8 Å². The normalized spacial score (nSPS) is 10.2. The van der Waals surface area contributed by atoms with Crippen LogP contribution in [0.3, 0.4) is 0 Å². The van der Waals surface area contributed by atoms with Gasteiger partial charge in [0.1, 0.15) is 11.3 Å². The Bertz CT molecular complexity index is 641. The highest BCUT2D eigenvalue weighted by Gasteiger charge is 2.17. The van der Waals surface area contributed by atoms with Crippen LogP contribution in [-0.2, 0) is 6.54 Å². The summed E-state index contributed by atoms with van der Waals surface area (Å²) in [7, 11) is 1.77. The van der Waals surface area contributed by atoms with Crippen molar-refractivity contribution in [1.29, 1.82) is 0 Å². The number of amides is 1. The number of aromatic nitrogens is 1. The van der Waals surface area contributed by atoms with Crippen LogP contribution in [0, 0.1) is 0 Å². The third kappa shape index (κ3) is 4.45. The highest BCUT2D eigenvalue weighted by Crippen LogP contribution is 2.18. The molecule has 0 unspecified atom stereocenters. The molecule has 122 valence electrons. The van der Waals surface area contributed by atoms with E-state index in [1.807, 2.05) is 38.1 Å². The Kier molecular flexibility index (Phi) is 5.97. The first-order chi connectivity index (χ1) is 11.2. The number of carbonyl (C=O) groups excluding carboxylic acids is 1. The quantitative estimate of drug-likeness (QED) is 0.788. The van der Waals surface area contributed by atoms with E-state index in [4.69, 9.17) is 9.47 Å². The second-order valence-corrected chi connectivity index (χ2v) is 5.03. The van der Waals surface area contributed by atoms with Crippen molar-refractivity contribution in [1.82, 2.24) is 9.88 Å². The molecule has 0 N–H and O–H groups in total. The SMILES string of the molecule is CCOc1ccc(CN(C)C(=O)c2cccnc2OCC)cc1. The molecule has 0 atom stereocenters. The standard InChI is InChI=1S/C18H22N2O3/c1-4-22-15-10-8-14(9-11-15)13-20(3)18(21)16-7-6-12-19-17(16)23-5-2/h6-12H,4-5,13H2,1-3H3. The van der Waals surface area contributed by atoms with Crippen molar-refractivity contribution < 1.29 is 14.3 Å². The number of hydrogen-bond donors (Lipinski definition) is 0. The van der Waals surface area contributed by atoms with Gasteiger partial charge in [0, 0.05) is 19.8 Å². The molecular weight excluding hydrogens is 292 g/mol. The second-order valence-electron chi connectivity index (χ2n) is 5.03.